The van der Waals surface area contributed by atoms with Gasteiger partial charge in [0.15, 0.2) is 5.82 Å². The van der Waals surface area contributed by atoms with Crippen molar-refractivity contribution in [3.8, 4) is 0 Å². The Bertz CT molecular complexity index is 658. The molecule has 2 aromatic rings. The summed E-state index contributed by atoms with van der Waals surface area (Å²) in [7, 11) is 0. The molecule has 1 aliphatic heterocycles. The summed E-state index contributed by atoms with van der Waals surface area (Å²) in [5.74, 6) is 0.752. The van der Waals surface area contributed by atoms with Crippen molar-refractivity contribution in [3.63, 3.8) is 0 Å². The molecule has 7 nitrogen and oxygen atoms in total. The van der Waals surface area contributed by atoms with Gasteiger partial charge in [0.25, 0.3) is 0 Å². The number of nitrogens with zero attached hydrogens (tertiary/aromatic N) is 3. The average molecular weight is 329 g/mol. The zero-order chi connectivity index (χ0) is 16.8. The van der Waals surface area contributed by atoms with Crippen molar-refractivity contribution in [2.24, 2.45) is 0 Å². The van der Waals surface area contributed by atoms with Crippen molar-refractivity contribution in [2.75, 3.05) is 6.61 Å². The smallest absolute Gasteiger partial charge is 0.315 e. The van der Waals surface area contributed by atoms with Crippen LogP contribution >= 0.6 is 0 Å². The van der Waals surface area contributed by atoms with E-state index in [1.54, 1.807) is 6.33 Å². The molecule has 1 aliphatic rings. The van der Waals surface area contributed by atoms with Gasteiger partial charge in [0, 0.05) is 19.2 Å². The van der Waals surface area contributed by atoms with Crippen molar-refractivity contribution in [1.29, 1.82) is 0 Å². The van der Waals surface area contributed by atoms with Gasteiger partial charge in [-0.3, -0.25) is 0 Å². The predicted molar refractivity (Wildman–Crippen MR) is 89.2 cm³/mol. The van der Waals surface area contributed by atoms with Crippen LogP contribution < -0.4 is 10.6 Å². The van der Waals surface area contributed by atoms with Crippen molar-refractivity contribution < 1.29 is 9.53 Å². The summed E-state index contributed by atoms with van der Waals surface area (Å²) in [5.41, 5.74) is 1.15. The molecule has 0 aliphatic carbocycles. The van der Waals surface area contributed by atoms with E-state index >= 15 is 0 Å². The molecule has 1 saturated heterocycles. The van der Waals surface area contributed by atoms with Crippen molar-refractivity contribution in [1.82, 2.24) is 25.4 Å². The van der Waals surface area contributed by atoms with E-state index < -0.39 is 0 Å². The molecule has 0 unspecified atom stereocenters. The number of aryl methyl sites for hydroxylation is 1. The van der Waals surface area contributed by atoms with Gasteiger partial charge in [0.05, 0.1) is 12.6 Å². The van der Waals surface area contributed by atoms with Gasteiger partial charge in [-0.2, -0.15) is 0 Å². The van der Waals surface area contributed by atoms with E-state index in [0.717, 1.165) is 30.8 Å². The minimum atomic E-state index is -0.181. The fourth-order valence-corrected chi connectivity index (χ4v) is 2.90. The minimum Gasteiger partial charge on any atom is -0.373 e. The predicted octanol–water partition coefficient (Wildman–Crippen LogP) is 2.02. The zero-order valence-electron chi connectivity index (χ0n) is 13.8. The second kappa shape index (κ2) is 7.92. The van der Waals surface area contributed by atoms with Crippen molar-refractivity contribution in [2.45, 2.75) is 45.0 Å². The summed E-state index contributed by atoms with van der Waals surface area (Å²) in [4.78, 5) is 12.1. The number of hydrogen-bond donors (Lipinski definition) is 2. The maximum absolute atomic E-state index is 12.1. The first-order chi connectivity index (χ1) is 11.8. The molecule has 2 N–H and O–H groups in total. The largest absolute Gasteiger partial charge is 0.373 e. The van der Waals surface area contributed by atoms with Crippen LogP contribution in [0.4, 0.5) is 4.79 Å². The van der Waals surface area contributed by atoms with Gasteiger partial charge in [-0.15, -0.1) is 10.2 Å². The maximum Gasteiger partial charge on any atom is 0.315 e. The third-order valence-corrected chi connectivity index (χ3v) is 4.23. The summed E-state index contributed by atoms with van der Waals surface area (Å²) in [5, 5.41) is 13.7. The molecular weight excluding hydrogens is 306 g/mol. The van der Waals surface area contributed by atoms with E-state index in [4.69, 9.17) is 4.74 Å². The Kier molecular flexibility index (Phi) is 5.43. The zero-order valence-corrected chi connectivity index (χ0v) is 13.8. The number of hydrogen-bond acceptors (Lipinski definition) is 4. The lowest BCUT2D eigenvalue weighted by molar-refractivity contribution is 0.00225. The molecule has 7 heteroatoms. The third kappa shape index (κ3) is 4.11. The average Bonchev–Trinajstić information content (AvgIpc) is 3.08. The molecule has 2 heterocycles. The summed E-state index contributed by atoms with van der Waals surface area (Å²) in [6.07, 6.45) is 3.30. The Morgan fingerprint density at radius 3 is 3.00 bits per heavy atom. The first-order valence-electron chi connectivity index (χ1n) is 8.34. The third-order valence-electron chi connectivity index (χ3n) is 4.23. The molecule has 0 radical (unpaired) electrons. The molecule has 1 aromatic carbocycles. The molecule has 2 atom stereocenters. The van der Waals surface area contributed by atoms with E-state index in [0.29, 0.717) is 13.2 Å². The van der Waals surface area contributed by atoms with Crippen LogP contribution in [-0.4, -0.2) is 33.4 Å². The summed E-state index contributed by atoms with van der Waals surface area (Å²) in [6, 6.07) is 10.0. The molecule has 24 heavy (non-hydrogen) atoms. The fraction of sp³-hybridized carbons (Fsp3) is 0.471. The lowest BCUT2D eigenvalue weighted by atomic mass is 9.97. The highest BCUT2D eigenvalue weighted by atomic mass is 16.5. The Balaban J connectivity index is 1.49. The number of carbonyl (C=O) groups excluding carboxylic acids is 1. The van der Waals surface area contributed by atoms with Crippen LogP contribution in [0.2, 0.25) is 0 Å². The van der Waals surface area contributed by atoms with Crippen LogP contribution in [0.1, 0.15) is 37.3 Å². The molecule has 3 rings (SSSR count). The highest BCUT2D eigenvalue weighted by molar-refractivity contribution is 5.74. The molecule has 2 amide bonds. The fourth-order valence-electron chi connectivity index (χ4n) is 2.90. The van der Waals surface area contributed by atoms with E-state index in [2.05, 4.69) is 33.0 Å². The molecule has 0 spiro atoms. The first-order valence-corrected chi connectivity index (χ1v) is 8.34. The quantitative estimate of drug-likeness (QED) is 0.879. The number of nitrogens with one attached hydrogen (secondary N) is 2. The van der Waals surface area contributed by atoms with Gasteiger partial charge in [-0.1, -0.05) is 30.3 Å². The van der Waals surface area contributed by atoms with E-state index in [1.165, 1.54) is 0 Å². The van der Waals surface area contributed by atoms with Gasteiger partial charge in [-0.05, 0) is 25.3 Å². The van der Waals surface area contributed by atoms with Crippen LogP contribution in [0.15, 0.2) is 36.7 Å². The Hall–Kier alpha value is -2.41. The second-order valence-corrected chi connectivity index (χ2v) is 5.85. The van der Waals surface area contributed by atoms with Gasteiger partial charge >= 0.3 is 6.03 Å². The van der Waals surface area contributed by atoms with Crippen LogP contribution in [0, 0.1) is 0 Å². The van der Waals surface area contributed by atoms with E-state index in [1.807, 2.05) is 29.7 Å². The van der Waals surface area contributed by atoms with Crippen molar-refractivity contribution >= 4 is 6.03 Å². The topological polar surface area (TPSA) is 81.1 Å². The maximum atomic E-state index is 12.1. The summed E-state index contributed by atoms with van der Waals surface area (Å²) in [6.45, 7) is 3.81. The Labute approximate surface area is 141 Å². The van der Waals surface area contributed by atoms with Gasteiger partial charge in [0.1, 0.15) is 6.33 Å². The number of aromatic nitrogens is 3. The van der Waals surface area contributed by atoms with Crippen LogP contribution in [-0.2, 0) is 17.8 Å². The number of urea groups is 1. The first kappa shape index (κ1) is 16.4. The van der Waals surface area contributed by atoms with Gasteiger partial charge in [-0.25, -0.2) is 4.79 Å². The highest BCUT2D eigenvalue weighted by Crippen LogP contribution is 2.27. The van der Waals surface area contributed by atoms with Crippen LogP contribution in [0.25, 0.3) is 0 Å². The number of benzene rings is 1. The van der Waals surface area contributed by atoms with E-state index in [9.17, 15) is 4.79 Å². The summed E-state index contributed by atoms with van der Waals surface area (Å²) >= 11 is 0. The number of amides is 2. The summed E-state index contributed by atoms with van der Waals surface area (Å²) < 4.78 is 7.73. The highest BCUT2D eigenvalue weighted by Gasteiger charge is 2.25. The lowest BCUT2D eigenvalue weighted by Crippen LogP contribution is -2.45. The molecule has 0 saturated carbocycles. The SMILES string of the molecule is CCn1cnnc1CNC(=O)N[C@@H]1CCO[C@@H](c2ccccc2)C1. The lowest BCUT2D eigenvalue weighted by Gasteiger charge is -2.30. The monoisotopic (exact) mass is 329 g/mol. The molecule has 128 valence electrons. The molecule has 1 aromatic heterocycles. The van der Waals surface area contributed by atoms with Crippen LogP contribution in [0.5, 0.6) is 0 Å². The molecular formula is C17H23N5O2. The number of rotatable bonds is 5. The number of ether oxygens (including phenoxy) is 1. The number of carbonyl (C=O) groups is 1. The normalized spacial score (nSPS) is 20.5. The minimum absolute atomic E-state index is 0.0356. The van der Waals surface area contributed by atoms with Gasteiger partial charge in [0.2, 0.25) is 0 Å². The van der Waals surface area contributed by atoms with Crippen LogP contribution in [0.3, 0.4) is 0 Å². The van der Waals surface area contributed by atoms with E-state index in [-0.39, 0.29) is 18.2 Å². The standard InChI is InChI=1S/C17H23N5O2/c1-2-22-12-19-21-16(22)11-18-17(23)20-14-8-9-24-15(10-14)13-6-4-3-5-7-13/h3-7,12,14-15H,2,8-11H2,1H3,(H2,18,20,23)/t14-,15-/m1/s1. The van der Waals surface area contributed by atoms with Crippen molar-refractivity contribution in [3.05, 3.63) is 48.0 Å². The molecule has 0 bridgehead atoms. The van der Waals surface area contributed by atoms with Gasteiger partial charge < -0.3 is 19.9 Å². The molecule has 1 fully saturated rings. The second-order valence-electron chi connectivity index (χ2n) is 5.85. The Morgan fingerprint density at radius 1 is 1.38 bits per heavy atom. The Morgan fingerprint density at radius 2 is 2.21 bits per heavy atom.